The van der Waals surface area contributed by atoms with Crippen LogP contribution >= 0.6 is 11.3 Å². The summed E-state index contributed by atoms with van der Waals surface area (Å²) in [5.74, 6) is -0.346. The van der Waals surface area contributed by atoms with Gasteiger partial charge < -0.3 is 10.1 Å². The minimum atomic E-state index is -0.514. The zero-order valence-corrected chi connectivity index (χ0v) is 18.4. The quantitative estimate of drug-likeness (QED) is 0.397. The summed E-state index contributed by atoms with van der Waals surface area (Å²) in [6.07, 6.45) is 2.62. The van der Waals surface area contributed by atoms with Crippen molar-refractivity contribution in [3.63, 3.8) is 0 Å². The fourth-order valence-corrected chi connectivity index (χ4v) is 5.05. The third-order valence-electron chi connectivity index (χ3n) is 5.54. The van der Waals surface area contributed by atoms with Gasteiger partial charge in [-0.3, -0.25) is 14.9 Å². The predicted molar refractivity (Wildman–Crippen MR) is 116 cm³/mol. The van der Waals surface area contributed by atoms with Crippen LogP contribution in [0.15, 0.2) is 24.3 Å². The first-order valence-electron chi connectivity index (χ1n) is 9.99. The Labute approximate surface area is 179 Å². The van der Waals surface area contributed by atoms with E-state index in [-0.39, 0.29) is 23.3 Å². The number of non-ortho nitro benzene ring substituents is 1. The number of rotatable bonds is 5. The molecule has 0 bridgehead atoms. The highest BCUT2D eigenvalue weighted by atomic mass is 32.1. The van der Waals surface area contributed by atoms with Gasteiger partial charge in [0.25, 0.3) is 11.6 Å². The number of carbonyl (C=O) groups excluding carboxylic acids is 2. The van der Waals surface area contributed by atoms with E-state index in [1.165, 1.54) is 35.6 Å². The van der Waals surface area contributed by atoms with E-state index in [4.69, 9.17) is 4.74 Å². The summed E-state index contributed by atoms with van der Waals surface area (Å²) in [5, 5.41) is 14.1. The van der Waals surface area contributed by atoms with Crippen molar-refractivity contribution in [2.75, 3.05) is 11.9 Å². The summed E-state index contributed by atoms with van der Waals surface area (Å²) >= 11 is 1.43. The van der Waals surface area contributed by atoms with E-state index >= 15 is 0 Å². The van der Waals surface area contributed by atoms with E-state index in [0.29, 0.717) is 16.5 Å². The van der Waals surface area contributed by atoms with E-state index in [0.717, 1.165) is 29.7 Å². The molecule has 8 heteroatoms. The molecule has 0 spiro atoms. The monoisotopic (exact) mass is 430 g/mol. The molecule has 1 atom stereocenters. The molecule has 1 aliphatic rings. The Kier molecular flexibility index (Phi) is 6.26. The van der Waals surface area contributed by atoms with Crippen molar-refractivity contribution < 1.29 is 19.2 Å². The van der Waals surface area contributed by atoms with Gasteiger partial charge in [-0.2, -0.15) is 0 Å². The van der Waals surface area contributed by atoms with Gasteiger partial charge in [0.15, 0.2) is 0 Å². The molecule has 2 aromatic rings. The second-order valence-corrected chi connectivity index (χ2v) is 9.60. The third-order valence-corrected chi connectivity index (χ3v) is 6.71. The molecular formula is C22H26N2O5S. The first-order valence-corrected chi connectivity index (χ1v) is 10.8. The Morgan fingerprint density at radius 2 is 1.93 bits per heavy atom. The van der Waals surface area contributed by atoms with Gasteiger partial charge in [-0.05, 0) is 55.2 Å². The van der Waals surface area contributed by atoms with Gasteiger partial charge in [0.1, 0.15) is 5.00 Å². The number of benzene rings is 1. The lowest BCUT2D eigenvalue weighted by Gasteiger charge is -2.33. The summed E-state index contributed by atoms with van der Waals surface area (Å²) in [4.78, 5) is 36.8. The largest absolute Gasteiger partial charge is 0.462 e. The zero-order valence-electron chi connectivity index (χ0n) is 17.6. The standard InChI is InChI=1S/C22H26N2O5S/c1-5-29-21(26)18-16-11-8-14(22(2,3)4)12-17(16)30-20(18)23-19(25)13-6-9-15(10-7-13)24(27)28/h6-7,9-10,14H,5,8,11-12H2,1-4H3,(H,23,25)/t14-/m0/s1. The number of nitrogens with zero attached hydrogens (tertiary/aromatic N) is 1. The van der Waals surface area contributed by atoms with Crippen molar-refractivity contribution in [3.8, 4) is 0 Å². The Balaban J connectivity index is 1.91. The molecule has 3 rings (SSSR count). The molecule has 0 fully saturated rings. The molecule has 0 aliphatic heterocycles. The molecule has 7 nitrogen and oxygen atoms in total. The second-order valence-electron chi connectivity index (χ2n) is 8.49. The number of ether oxygens (including phenoxy) is 1. The molecule has 0 saturated heterocycles. The number of nitrogens with one attached hydrogen (secondary N) is 1. The van der Waals surface area contributed by atoms with Crippen molar-refractivity contribution in [2.24, 2.45) is 11.3 Å². The number of nitro benzene ring substituents is 1. The summed E-state index contributed by atoms with van der Waals surface area (Å²) in [5.41, 5.74) is 1.78. The summed E-state index contributed by atoms with van der Waals surface area (Å²) in [7, 11) is 0. The molecule has 0 saturated carbocycles. The van der Waals surface area contributed by atoms with Crippen LogP contribution < -0.4 is 5.32 Å². The Hall–Kier alpha value is -2.74. The fourth-order valence-electron chi connectivity index (χ4n) is 3.74. The second kappa shape index (κ2) is 8.55. The lowest BCUT2D eigenvalue weighted by Crippen LogP contribution is -2.26. The highest BCUT2D eigenvalue weighted by Gasteiger charge is 2.34. The first-order chi connectivity index (χ1) is 14.1. The van der Waals surface area contributed by atoms with Crippen LogP contribution in [0.4, 0.5) is 10.7 Å². The van der Waals surface area contributed by atoms with Gasteiger partial charge in [-0.1, -0.05) is 20.8 Å². The number of thiophene rings is 1. The first kappa shape index (κ1) is 22.0. The highest BCUT2D eigenvalue weighted by Crippen LogP contribution is 2.44. The Bertz CT molecular complexity index is 973. The number of anilines is 1. The Morgan fingerprint density at radius 3 is 2.50 bits per heavy atom. The minimum Gasteiger partial charge on any atom is -0.462 e. The number of hydrogen-bond donors (Lipinski definition) is 1. The van der Waals surface area contributed by atoms with Crippen molar-refractivity contribution >= 4 is 33.9 Å². The van der Waals surface area contributed by atoms with Crippen LogP contribution in [0.5, 0.6) is 0 Å². The molecule has 30 heavy (non-hydrogen) atoms. The van der Waals surface area contributed by atoms with Gasteiger partial charge in [0.05, 0.1) is 17.1 Å². The molecular weight excluding hydrogens is 404 g/mol. The van der Waals surface area contributed by atoms with Gasteiger partial charge in [0, 0.05) is 22.6 Å². The molecule has 1 aliphatic carbocycles. The van der Waals surface area contributed by atoms with Crippen LogP contribution in [0.1, 0.15) is 65.3 Å². The molecule has 0 unspecified atom stereocenters. The number of nitro groups is 1. The third kappa shape index (κ3) is 4.53. The van der Waals surface area contributed by atoms with Crippen molar-refractivity contribution in [3.05, 3.63) is 55.9 Å². The van der Waals surface area contributed by atoms with E-state index in [1.54, 1.807) is 6.92 Å². The van der Waals surface area contributed by atoms with E-state index in [1.807, 2.05) is 0 Å². The van der Waals surface area contributed by atoms with E-state index in [2.05, 4.69) is 26.1 Å². The van der Waals surface area contributed by atoms with Crippen LogP contribution in [0, 0.1) is 21.4 Å². The minimum absolute atomic E-state index is 0.0847. The number of amides is 1. The van der Waals surface area contributed by atoms with Crippen LogP contribution in [-0.4, -0.2) is 23.4 Å². The lowest BCUT2D eigenvalue weighted by atomic mass is 9.72. The topological polar surface area (TPSA) is 98.5 Å². The van der Waals surface area contributed by atoms with Gasteiger partial charge in [-0.25, -0.2) is 4.79 Å². The number of carbonyl (C=O) groups is 2. The molecule has 160 valence electrons. The number of fused-ring (bicyclic) bond motifs is 1. The molecule has 1 heterocycles. The summed E-state index contributed by atoms with van der Waals surface area (Å²) < 4.78 is 5.26. The Morgan fingerprint density at radius 1 is 1.27 bits per heavy atom. The van der Waals surface area contributed by atoms with Crippen molar-refractivity contribution in [2.45, 2.75) is 47.0 Å². The predicted octanol–water partition coefficient (Wildman–Crippen LogP) is 5.24. The van der Waals surface area contributed by atoms with Crippen molar-refractivity contribution in [1.29, 1.82) is 0 Å². The van der Waals surface area contributed by atoms with E-state index in [9.17, 15) is 19.7 Å². The van der Waals surface area contributed by atoms with Crippen LogP contribution in [0.25, 0.3) is 0 Å². The van der Waals surface area contributed by atoms with Crippen LogP contribution in [0.2, 0.25) is 0 Å². The molecule has 0 radical (unpaired) electrons. The number of hydrogen-bond acceptors (Lipinski definition) is 6. The smallest absolute Gasteiger partial charge is 0.341 e. The van der Waals surface area contributed by atoms with E-state index < -0.39 is 16.8 Å². The molecule has 1 aromatic carbocycles. The highest BCUT2D eigenvalue weighted by molar-refractivity contribution is 7.17. The maximum absolute atomic E-state index is 12.7. The lowest BCUT2D eigenvalue weighted by molar-refractivity contribution is -0.384. The summed E-state index contributed by atoms with van der Waals surface area (Å²) in [6.45, 7) is 8.67. The summed E-state index contributed by atoms with van der Waals surface area (Å²) in [6, 6.07) is 5.38. The van der Waals surface area contributed by atoms with Crippen LogP contribution in [0.3, 0.4) is 0 Å². The normalized spacial score (nSPS) is 15.9. The maximum Gasteiger partial charge on any atom is 0.341 e. The number of esters is 1. The molecule has 1 aromatic heterocycles. The van der Waals surface area contributed by atoms with Gasteiger partial charge in [-0.15, -0.1) is 11.3 Å². The fraction of sp³-hybridized carbons (Fsp3) is 0.455. The molecule has 1 amide bonds. The SMILES string of the molecule is CCOC(=O)c1c(NC(=O)c2ccc([N+](=O)[O-])cc2)sc2c1CC[C@H](C(C)(C)C)C2. The average Bonchev–Trinajstić information content (AvgIpc) is 3.04. The van der Waals surface area contributed by atoms with Crippen LogP contribution in [-0.2, 0) is 17.6 Å². The van der Waals surface area contributed by atoms with Gasteiger partial charge >= 0.3 is 5.97 Å². The van der Waals surface area contributed by atoms with Crippen molar-refractivity contribution in [1.82, 2.24) is 0 Å². The average molecular weight is 431 g/mol. The molecule has 1 N–H and O–H groups in total. The van der Waals surface area contributed by atoms with Gasteiger partial charge in [0.2, 0.25) is 0 Å². The maximum atomic E-state index is 12.7. The zero-order chi connectivity index (χ0) is 22.1.